The number of benzene rings is 2. The molecule has 0 amide bonds. The Labute approximate surface area is 153 Å². The Hall–Kier alpha value is -2.13. The van der Waals surface area contributed by atoms with Crippen molar-refractivity contribution >= 4 is 21.4 Å². The summed E-state index contributed by atoms with van der Waals surface area (Å²) < 4.78 is 53.1. The van der Waals surface area contributed by atoms with Gasteiger partial charge in [0.2, 0.25) is 10.0 Å². The molecule has 0 saturated heterocycles. The number of halogens is 2. The SMILES string of the molecule is O=S(=O)(NCc1ccc(C(O)c2ccccc2)s1)c1cc(F)cc(F)c1. The highest BCUT2D eigenvalue weighted by atomic mass is 32.2. The van der Waals surface area contributed by atoms with E-state index in [0.717, 1.165) is 17.7 Å². The number of hydrogen-bond acceptors (Lipinski definition) is 4. The monoisotopic (exact) mass is 395 g/mol. The molecule has 26 heavy (non-hydrogen) atoms. The van der Waals surface area contributed by atoms with Gasteiger partial charge in [0.1, 0.15) is 17.7 Å². The highest BCUT2D eigenvalue weighted by molar-refractivity contribution is 7.89. The smallest absolute Gasteiger partial charge is 0.241 e. The third-order valence-electron chi connectivity index (χ3n) is 3.65. The van der Waals surface area contributed by atoms with Crippen LogP contribution in [-0.2, 0) is 16.6 Å². The summed E-state index contributed by atoms with van der Waals surface area (Å²) in [4.78, 5) is 0.855. The summed E-state index contributed by atoms with van der Waals surface area (Å²) >= 11 is 1.25. The van der Waals surface area contributed by atoms with Gasteiger partial charge in [-0.25, -0.2) is 21.9 Å². The topological polar surface area (TPSA) is 66.4 Å². The molecular formula is C18H15F2NO3S2. The summed E-state index contributed by atoms with van der Waals surface area (Å²) in [7, 11) is -4.05. The lowest BCUT2D eigenvalue weighted by Crippen LogP contribution is -2.23. The van der Waals surface area contributed by atoms with Crippen molar-refractivity contribution in [3.8, 4) is 0 Å². The number of aliphatic hydroxyl groups is 1. The first-order chi connectivity index (χ1) is 12.3. The summed E-state index contributed by atoms with van der Waals surface area (Å²) in [6.45, 7) is -0.0490. The van der Waals surface area contributed by atoms with Gasteiger partial charge < -0.3 is 5.11 Å². The molecule has 0 aliphatic carbocycles. The molecule has 136 valence electrons. The van der Waals surface area contributed by atoms with Crippen molar-refractivity contribution in [1.82, 2.24) is 4.72 Å². The number of sulfonamides is 1. The van der Waals surface area contributed by atoms with Crippen molar-refractivity contribution in [2.24, 2.45) is 0 Å². The van der Waals surface area contributed by atoms with Gasteiger partial charge in [-0.05, 0) is 29.8 Å². The molecule has 1 unspecified atom stereocenters. The van der Waals surface area contributed by atoms with E-state index in [9.17, 15) is 22.3 Å². The molecule has 3 aromatic rings. The van der Waals surface area contributed by atoms with Gasteiger partial charge >= 0.3 is 0 Å². The van der Waals surface area contributed by atoms with E-state index in [2.05, 4.69) is 4.72 Å². The highest BCUT2D eigenvalue weighted by Crippen LogP contribution is 2.28. The largest absolute Gasteiger partial charge is 0.383 e. The summed E-state index contributed by atoms with van der Waals surface area (Å²) in [5.74, 6) is -1.93. The maximum atomic E-state index is 13.2. The zero-order chi connectivity index (χ0) is 18.7. The van der Waals surface area contributed by atoms with E-state index in [1.54, 1.807) is 24.3 Å². The zero-order valence-corrected chi connectivity index (χ0v) is 15.0. The maximum Gasteiger partial charge on any atom is 0.241 e. The van der Waals surface area contributed by atoms with E-state index < -0.39 is 32.7 Å². The molecule has 0 aliphatic heterocycles. The average Bonchev–Trinajstić information content (AvgIpc) is 3.08. The van der Waals surface area contributed by atoms with Crippen LogP contribution >= 0.6 is 11.3 Å². The number of hydrogen-bond donors (Lipinski definition) is 2. The van der Waals surface area contributed by atoms with Gasteiger partial charge in [-0.1, -0.05) is 30.3 Å². The Morgan fingerprint density at radius 3 is 2.31 bits per heavy atom. The summed E-state index contributed by atoms with van der Waals surface area (Å²) in [6, 6.07) is 14.6. The summed E-state index contributed by atoms with van der Waals surface area (Å²) in [5, 5.41) is 10.4. The van der Waals surface area contributed by atoms with Gasteiger partial charge in [-0.3, -0.25) is 0 Å². The molecule has 2 aromatic carbocycles. The number of nitrogens with one attached hydrogen (secondary N) is 1. The molecule has 2 N–H and O–H groups in total. The second-order valence-electron chi connectivity index (χ2n) is 5.55. The fourth-order valence-electron chi connectivity index (χ4n) is 2.37. The highest BCUT2D eigenvalue weighted by Gasteiger charge is 2.18. The lowest BCUT2D eigenvalue weighted by atomic mass is 10.1. The lowest BCUT2D eigenvalue weighted by molar-refractivity contribution is 0.224. The van der Waals surface area contributed by atoms with Gasteiger partial charge in [0.25, 0.3) is 0 Å². The Kier molecular flexibility index (Phi) is 5.47. The Bertz CT molecular complexity index is 984. The molecule has 4 nitrogen and oxygen atoms in total. The van der Waals surface area contributed by atoms with Crippen LogP contribution in [0, 0.1) is 11.6 Å². The van der Waals surface area contributed by atoms with Gasteiger partial charge in [-0.15, -0.1) is 11.3 Å². The zero-order valence-electron chi connectivity index (χ0n) is 13.4. The van der Waals surface area contributed by atoms with Crippen molar-refractivity contribution in [1.29, 1.82) is 0 Å². The summed E-state index contributed by atoms with van der Waals surface area (Å²) in [6.07, 6.45) is -0.802. The lowest BCUT2D eigenvalue weighted by Gasteiger charge is -2.08. The minimum absolute atomic E-state index is 0.0490. The molecule has 0 aliphatic rings. The van der Waals surface area contributed by atoms with E-state index in [0.29, 0.717) is 15.8 Å². The van der Waals surface area contributed by atoms with Crippen LogP contribution in [0.5, 0.6) is 0 Å². The molecule has 3 rings (SSSR count). The van der Waals surface area contributed by atoms with Crippen LogP contribution in [0.15, 0.2) is 65.6 Å². The number of aliphatic hydroxyl groups excluding tert-OH is 1. The van der Waals surface area contributed by atoms with Gasteiger partial charge in [0.05, 0.1) is 4.90 Å². The first-order valence-electron chi connectivity index (χ1n) is 7.62. The number of thiophene rings is 1. The number of rotatable bonds is 6. The van der Waals surface area contributed by atoms with E-state index in [4.69, 9.17) is 0 Å². The predicted octanol–water partition coefficient (Wildman–Crippen LogP) is 3.59. The fraction of sp³-hybridized carbons (Fsp3) is 0.111. The minimum atomic E-state index is -4.05. The molecule has 1 atom stereocenters. The Balaban J connectivity index is 1.71. The fourth-order valence-corrected chi connectivity index (χ4v) is 4.48. The normalized spacial score (nSPS) is 12.9. The van der Waals surface area contributed by atoms with Crippen LogP contribution < -0.4 is 4.72 Å². The van der Waals surface area contributed by atoms with Crippen molar-refractivity contribution in [3.05, 3.63) is 87.6 Å². The first kappa shape index (κ1) is 18.7. The molecule has 8 heteroatoms. The second-order valence-corrected chi connectivity index (χ2v) is 8.51. The Morgan fingerprint density at radius 1 is 1.00 bits per heavy atom. The quantitative estimate of drug-likeness (QED) is 0.670. The second kappa shape index (κ2) is 7.63. The van der Waals surface area contributed by atoms with Crippen molar-refractivity contribution in [2.45, 2.75) is 17.5 Å². The van der Waals surface area contributed by atoms with Crippen LogP contribution in [0.2, 0.25) is 0 Å². The van der Waals surface area contributed by atoms with Crippen molar-refractivity contribution in [3.63, 3.8) is 0 Å². The van der Waals surface area contributed by atoms with Gasteiger partial charge in [0.15, 0.2) is 0 Å². The summed E-state index contributed by atoms with van der Waals surface area (Å²) in [5.41, 5.74) is 0.733. The van der Waals surface area contributed by atoms with Crippen molar-refractivity contribution < 1.29 is 22.3 Å². The van der Waals surface area contributed by atoms with E-state index in [1.807, 2.05) is 18.2 Å². The standard InChI is InChI=1S/C18H15F2NO3S2/c19-13-8-14(20)10-16(9-13)26(23,24)21-11-15-6-7-17(25-15)18(22)12-4-2-1-3-5-12/h1-10,18,21-22H,11H2. The average molecular weight is 395 g/mol. The van der Waals surface area contributed by atoms with Crippen LogP contribution in [0.1, 0.15) is 21.4 Å². The minimum Gasteiger partial charge on any atom is -0.383 e. The molecule has 0 bridgehead atoms. The van der Waals surface area contributed by atoms with Gasteiger partial charge in [0, 0.05) is 22.4 Å². The van der Waals surface area contributed by atoms with Crippen LogP contribution in [0.25, 0.3) is 0 Å². The molecule has 1 heterocycles. The maximum absolute atomic E-state index is 13.2. The molecule has 0 saturated carbocycles. The third-order valence-corrected chi connectivity index (χ3v) is 6.17. The van der Waals surface area contributed by atoms with E-state index in [-0.39, 0.29) is 6.54 Å². The van der Waals surface area contributed by atoms with E-state index in [1.165, 1.54) is 11.3 Å². The van der Waals surface area contributed by atoms with Crippen LogP contribution in [-0.4, -0.2) is 13.5 Å². The third kappa shape index (κ3) is 4.34. The van der Waals surface area contributed by atoms with Gasteiger partial charge in [-0.2, -0.15) is 0 Å². The Morgan fingerprint density at radius 2 is 1.65 bits per heavy atom. The predicted molar refractivity (Wildman–Crippen MR) is 95.2 cm³/mol. The first-order valence-corrected chi connectivity index (χ1v) is 9.92. The molecule has 0 fully saturated rings. The molecular weight excluding hydrogens is 380 g/mol. The van der Waals surface area contributed by atoms with Crippen LogP contribution in [0.4, 0.5) is 8.78 Å². The van der Waals surface area contributed by atoms with Crippen LogP contribution in [0.3, 0.4) is 0 Å². The van der Waals surface area contributed by atoms with Crippen molar-refractivity contribution in [2.75, 3.05) is 0 Å². The molecule has 0 spiro atoms. The molecule has 0 radical (unpaired) electrons. The molecule has 1 aromatic heterocycles. The van der Waals surface area contributed by atoms with E-state index >= 15 is 0 Å².